The summed E-state index contributed by atoms with van der Waals surface area (Å²) in [7, 11) is 3.25. The third-order valence-corrected chi connectivity index (χ3v) is 5.80. The van der Waals surface area contributed by atoms with Crippen molar-refractivity contribution < 1.29 is 14.3 Å². The zero-order valence-corrected chi connectivity index (χ0v) is 19.3. The second kappa shape index (κ2) is 9.38. The van der Waals surface area contributed by atoms with Gasteiger partial charge in [0, 0.05) is 22.2 Å². The van der Waals surface area contributed by atoms with E-state index in [9.17, 15) is 4.79 Å². The van der Waals surface area contributed by atoms with Crippen LogP contribution in [-0.4, -0.2) is 25.1 Å². The number of carbonyl (C=O) groups excluding carboxylic acids is 1. The van der Waals surface area contributed by atoms with Crippen LogP contribution in [0.2, 0.25) is 0 Å². The minimum atomic E-state index is -0.736. The number of nitrogens with two attached hydrogens (primary N) is 1. The van der Waals surface area contributed by atoms with Crippen molar-refractivity contribution in [3.8, 4) is 22.8 Å². The van der Waals surface area contributed by atoms with Gasteiger partial charge < -0.3 is 25.5 Å². The van der Waals surface area contributed by atoms with Crippen LogP contribution in [-0.2, 0) is 4.79 Å². The minimum absolute atomic E-state index is 0.248. The molecular formula is C27H29N3O3. The molecule has 4 rings (SSSR count). The summed E-state index contributed by atoms with van der Waals surface area (Å²) in [5.41, 5.74) is 11.8. The van der Waals surface area contributed by atoms with E-state index in [-0.39, 0.29) is 11.8 Å². The van der Waals surface area contributed by atoms with Gasteiger partial charge in [0.05, 0.1) is 19.9 Å². The number of methoxy groups -OCH3 is 2. The normalized spacial score (nSPS) is 12.1. The summed E-state index contributed by atoms with van der Waals surface area (Å²) in [6.45, 7) is 4.31. The van der Waals surface area contributed by atoms with Gasteiger partial charge in [-0.2, -0.15) is 0 Å². The lowest BCUT2D eigenvalue weighted by Gasteiger charge is -2.13. The third kappa shape index (κ3) is 4.43. The van der Waals surface area contributed by atoms with Crippen molar-refractivity contribution in [2.45, 2.75) is 25.8 Å². The molecular weight excluding hydrogens is 414 g/mol. The van der Waals surface area contributed by atoms with Crippen LogP contribution in [0.3, 0.4) is 0 Å². The number of fused-ring (bicyclic) bond motifs is 1. The molecule has 1 unspecified atom stereocenters. The number of aromatic nitrogens is 1. The molecule has 1 atom stereocenters. The van der Waals surface area contributed by atoms with E-state index in [1.165, 1.54) is 5.56 Å². The van der Waals surface area contributed by atoms with Crippen LogP contribution in [0.4, 0.5) is 5.69 Å². The number of hydrogen-bond donors (Lipinski definition) is 3. The lowest BCUT2D eigenvalue weighted by Crippen LogP contribution is -2.27. The van der Waals surface area contributed by atoms with Gasteiger partial charge in [-0.05, 0) is 53.4 Å². The van der Waals surface area contributed by atoms with Gasteiger partial charge in [-0.15, -0.1) is 0 Å². The Hall–Kier alpha value is -3.77. The standard InChI is InChI=1S/C27H29N3O3/c1-16(2)24-20-15-19(29-27(31)25(28)17-8-6-5-7-9-17)11-12-21(20)30-26(24)18-10-13-22(32-3)23(14-18)33-4/h5-16,25,30H,28H2,1-4H3,(H,29,31). The van der Waals surface area contributed by atoms with Crippen molar-refractivity contribution >= 4 is 22.5 Å². The predicted molar refractivity (Wildman–Crippen MR) is 133 cm³/mol. The molecule has 1 amide bonds. The maximum Gasteiger partial charge on any atom is 0.245 e. The Balaban J connectivity index is 1.71. The Morgan fingerprint density at radius 2 is 1.67 bits per heavy atom. The molecule has 4 aromatic rings. The first kappa shape index (κ1) is 22.4. The third-order valence-electron chi connectivity index (χ3n) is 5.80. The molecule has 4 N–H and O–H groups in total. The fourth-order valence-electron chi connectivity index (χ4n) is 4.14. The highest BCUT2D eigenvalue weighted by Crippen LogP contribution is 2.39. The van der Waals surface area contributed by atoms with Crippen molar-refractivity contribution in [2.75, 3.05) is 19.5 Å². The van der Waals surface area contributed by atoms with Crippen LogP contribution < -0.4 is 20.5 Å². The van der Waals surface area contributed by atoms with Gasteiger partial charge in [0.2, 0.25) is 5.91 Å². The molecule has 33 heavy (non-hydrogen) atoms. The average molecular weight is 444 g/mol. The molecule has 0 aliphatic rings. The second-order valence-corrected chi connectivity index (χ2v) is 8.28. The van der Waals surface area contributed by atoms with Gasteiger partial charge in [0.25, 0.3) is 0 Å². The zero-order chi connectivity index (χ0) is 23.5. The predicted octanol–water partition coefficient (Wildman–Crippen LogP) is 5.61. The van der Waals surface area contributed by atoms with E-state index in [4.69, 9.17) is 15.2 Å². The van der Waals surface area contributed by atoms with Gasteiger partial charge in [-0.25, -0.2) is 0 Å². The van der Waals surface area contributed by atoms with Crippen LogP contribution in [0, 0.1) is 0 Å². The van der Waals surface area contributed by atoms with Crippen LogP contribution in [0.5, 0.6) is 11.5 Å². The first-order valence-corrected chi connectivity index (χ1v) is 10.9. The number of anilines is 1. The Morgan fingerprint density at radius 1 is 0.939 bits per heavy atom. The van der Waals surface area contributed by atoms with E-state index in [1.807, 2.05) is 66.7 Å². The minimum Gasteiger partial charge on any atom is -0.493 e. The van der Waals surface area contributed by atoms with Crippen molar-refractivity contribution in [3.63, 3.8) is 0 Å². The van der Waals surface area contributed by atoms with E-state index >= 15 is 0 Å². The van der Waals surface area contributed by atoms with E-state index < -0.39 is 6.04 Å². The fraction of sp³-hybridized carbons (Fsp3) is 0.222. The topological polar surface area (TPSA) is 89.4 Å². The number of nitrogens with one attached hydrogen (secondary N) is 2. The Bertz CT molecular complexity index is 1280. The summed E-state index contributed by atoms with van der Waals surface area (Å²) in [4.78, 5) is 16.3. The van der Waals surface area contributed by atoms with E-state index in [0.717, 1.165) is 27.7 Å². The van der Waals surface area contributed by atoms with E-state index in [2.05, 4.69) is 24.1 Å². The van der Waals surface area contributed by atoms with Crippen molar-refractivity contribution in [1.82, 2.24) is 4.98 Å². The summed E-state index contributed by atoms with van der Waals surface area (Å²) in [5, 5.41) is 4.02. The Labute approximate surface area is 193 Å². The molecule has 3 aromatic carbocycles. The zero-order valence-electron chi connectivity index (χ0n) is 19.3. The van der Waals surface area contributed by atoms with Crippen LogP contribution in [0.15, 0.2) is 66.7 Å². The maximum absolute atomic E-state index is 12.8. The SMILES string of the molecule is COc1ccc(-c2[nH]c3ccc(NC(=O)C(N)c4ccccc4)cc3c2C(C)C)cc1OC. The Morgan fingerprint density at radius 3 is 2.33 bits per heavy atom. The molecule has 6 nitrogen and oxygen atoms in total. The molecule has 0 radical (unpaired) electrons. The number of carbonyl (C=O) groups is 1. The number of H-pyrrole nitrogens is 1. The van der Waals surface area contributed by atoms with E-state index in [1.54, 1.807) is 14.2 Å². The number of ether oxygens (including phenoxy) is 2. The van der Waals surface area contributed by atoms with Crippen molar-refractivity contribution in [3.05, 3.63) is 77.9 Å². The first-order valence-electron chi connectivity index (χ1n) is 10.9. The van der Waals surface area contributed by atoms with Crippen LogP contribution in [0.1, 0.15) is 36.9 Å². The summed E-state index contributed by atoms with van der Waals surface area (Å²) in [6, 6.07) is 20.4. The van der Waals surface area contributed by atoms with Crippen LogP contribution >= 0.6 is 0 Å². The monoisotopic (exact) mass is 443 g/mol. The quantitative estimate of drug-likeness (QED) is 0.346. The number of aromatic amines is 1. The summed E-state index contributed by atoms with van der Waals surface area (Å²) >= 11 is 0. The largest absolute Gasteiger partial charge is 0.493 e. The molecule has 0 bridgehead atoms. The highest BCUT2D eigenvalue weighted by molar-refractivity contribution is 5.99. The highest BCUT2D eigenvalue weighted by Gasteiger charge is 2.20. The van der Waals surface area contributed by atoms with Gasteiger partial charge in [-0.3, -0.25) is 4.79 Å². The molecule has 1 aromatic heterocycles. The summed E-state index contributed by atoms with van der Waals surface area (Å²) < 4.78 is 10.9. The molecule has 0 saturated carbocycles. The van der Waals surface area contributed by atoms with Gasteiger partial charge in [0.15, 0.2) is 11.5 Å². The molecule has 0 spiro atoms. The second-order valence-electron chi connectivity index (χ2n) is 8.28. The summed E-state index contributed by atoms with van der Waals surface area (Å²) in [5.74, 6) is 1.36. The maximum atomic E-state index is 12.8. The highest BCUT2D eigenvalue weighted by atomic mass is 16.5. The first-order chi connectivity index (χ1) is 15.9. The summed E-state index contributed by atoms with van der Waals surface area (Å²) in [6.07, 6.45) is 0. The Kier molecular flexibility index (Phi) is 6.38. The molecule has 0 saturated heterocycles. The van der Waals surface area contributed by atoms with Crippen molar-refractivity contribution in [2.24, 2.45) is 5.73 Å². The fourth-order valence-corrected chi connectivity index (χ4v) is 4.14. The average Bonchev–Trinajstić information content (AvgIpc) is 3.22. The van der Waals surface area contributed by atoms with Gasteiger partial charge in [-0.1, -0.05) is 44.2 Å². The number of rotatable bonds is 7. The molecule has 1 heterocycles. The number of benzene rings is 3. The molecule has 0 aliphatic carbocycles. The number of hydrogen-bond acceptors (Lipinski definition) is 4. The molecule has 0 fully saturated rings. The molecule has 0 aliphatic heterocycles. The van der Waals surface area contributed by atoms with Crippen LogP contribution in [0.25, 0.3) is 22.2 Å². The van der Waals surface area contributed by atoms with Gasteiger partial charge >= 0.3 is 0 Å². The molecule has 170 valence electrons. The van der Waals surface area contributed by atoms with Gasteiger partial charge in [0.1, 0.15) is 6.04 Å². The van der Waals surface area contributed by atoms with Crippen molar-refractivity contribution in [1.29, 1.82) is 0 Å². The lowest BCUT2D eigenvalue weighted by atomic mass is 9.95. The lowest BCUT2D eigenvalue weighted by molar-refractivity contribution is -0.117. The molecule has 6 heteroatoms. The number of amides is 1. The smallest absolute Gasteiger partial charge is 0.245 e. The van der Waals surface area contributed by atoms with E-state index in [0.29, 0.717) is 17.2 Å².